The molecule has 3 heterocycles. The molecule has 0 radical (unpaired) electrons. The summed E-state index contributed by atoms with van der Waals surface area (Å²) >= 11 is 0. The van der Waals surface area contributed by atoms with Crippen LogP contribution in [-0.2, 0) is 6.54 Å². The summed E-state index contributed by atoms with van der Waals surface area (Å²) in [5.74, 6) is 1.13. The van der Waals surface area contributed by atoms with Crippen LogP contribution in [0.25, 0.3) is 17.8 Å². The van der Waals surface area contributed by atoms with Crippen molar-refractivity contribution < 1.29 is 9.21 Å². The van der Waals surface area contributed by atoms with Crippen molar-refractivity contribution in [3.63, 3.8) is 0 Å². The van der Waals surface area contributed by atoms with Crippen LogP contribution in [0.2, 0.25) is 0 Å². The van der Waals surface area contributed by atoms with E-state index in [4.69, 9.17) is 4.42 Å². The second-order valence-electron chi connectivity index (χ2n) is 5.12. The van der Waals surface area contributed by atoms with Crippen molar-refractivity contribution in [3.05, 3.63) is 64.7 Å². The topological polar surface area (TPSA) is 33.5 Å². The number of nitrogens with zero attached hydrogens (tertiary/aromatic N) is 1. The van der Waals surface area contributed by atoms with Crippen LogP contribution in [0.4, 0.5) is 0 Å². The molecule has 3 heteroatoms. The Balaban J connectivity index is 1.89. The third-order valence-corrected chi connectivity index (χ3v) is 3.79. The van der Waals surface area contributed by atoms with Gasteiger partial charge in [0, 0.05) is 25.2 Å². The molecule has 98 valence electrons. The molecule has 1 aromatic carbocycles. The van der Waals surface area contributed by atoms with Gasteiger partial charge in [-0.2, -0.15) is 0 Å². The maximum absolute atomic E-state index is 11.5. The lowest BCUT2D eigenvalue weighted by Crippen LogP contribution is -2.21. The highest BCUT2D eigenvalue weighted by Crippen LogP contribution is 2.37. The van der Waals surface area contributed by atoms with Gasteiger partial charge in [0.1, 0.15) is 5.76 Å². The Bertz CT molecular complexity index is 780. The van der Waals surface area contributed by atoms with Crippen molar-refractivity contribution in [2.75, 3.05) is 0 Å². The molecule has 0 saturated carbocycles. The molecule has 0 bridgehead atoms. The highest BCUT2D eigenvalue weighted by molar-refractivity contribution is 5.95. The third-order valence-electron chi connectivity index (χ3n) is 3.79. The molecule has 0 saturated heterocycles. The Hall–Kier alpha value is -2.55. The first-order valence-electron chi connectivity index (χ1n) is 6.62. The van der Waals surface area contributed by atoms with E-state index >= 15 is 0 Å². The standard InChI is InChI=1S/C17H13NO2/c1-11(19)17-9-14-15-8-12-4-2-3-5-13(12)10-18(15)7-6-16(14)20-17/h2-9H,10H2,1H3. The molecule has 0 aliphatic carbocycles. The number of hydrogen-bond acceptors (Lipinski definition) is 3. The van der Waals surface area contributed by atoms with Crippen LogP contribution in [0, 0.1) is 0 Å². The smallest absolute Gasteiger partial charge is 0.194 e. The van der Waals surface area contributed by atoms with Gasteiger partial charge in [-0.05, 0) is 29.3 Å². The van der Waals surface area contributed by atoms with Crippen LogP contribution in [0.15, 0.2) is 40.9 Å². The fourth-order valence-corrected chi connectivity index (χ4v) is 2.74. The van der Waals surface area contributed by atoms with E-state index < -0.39 is 0 Å². The molecule has 20 heavy (non-hydrogen) atoms. The summed E-state index contributed by atoms with van der Waals surface area (Å²) in [4.78, 5) is 13.7. The van der Waals surface area contributed by atoms with Crippen molar-refractivity contribution in [3.8, 4) is 0 Å². The first kappa shape index (κ1) is 11.3. The normalized spacial score (nSPS) is 15.2. The van der Waals surface area contributed by atoms with Gasteiger partial charge in [-0.1, -0.05) is 24.3 Å². The summed E-state index contributed by atoms with van der Waals surface area (Å²) in [6, 6.07) is 10.2. The molecule has 2 aliphatic rings. The van der Waals surface area contributed by atoms with E-state index in [0.717, 1.165) is 23.6 Å². The molecule has 3 nitrogen and oxygen atoms in total. The lowest BCUT2D eigenvalue weighted by molar-refractivity contribution is 0.0987. The lowest BCUT2D eigenvalue weighted by Gasteiger charge is -2.30. The molecule has 0 spiro atoms. The van der Waals surface area contributed by atoms with Crippen LogP contribution in [0.5, 0.6) is 0 Å². The van der Waals surface area contributed by atoms with Gasteiger partial charge in [-0.3, -0.25) is 4.79 Å². The maximum Gasteiger partial charge on any atom is 0.194 e. The summed E-state index contributed by atoms with van der Waals surface area (Å²) in [6.07, 6.45) is 6.09. The van der Waals surface area contributed by atoms with Gasteiger partial charge in [0.05, 0.1) is 5.70 Å². The van der Waals surface area contributed by atoms with Crippen molar-refractivity contribution in [1.82, 2.24) is 4.90 Å². The fourth-order valence-electron chi connectivity index (χ4n) is 2.74. The molecule has 1 aromatic heterocycles. The van der Waals surface area contributed by atoms with E-state index in [1.54, 1.807) is 0 Å². The largest absolute Gasteiger partial charge is 0.453 e. The predicted octanol–water partition coefficient (Wildman–Crippen LogP) is 3.78. The Labute approximate surface area is 116 Å². The molecule has 0 fully saturated rings. The van der Waals surface area contributed by atoms with Crippen LogP contribution in [0.1, 0.15) is 39.9 Å². The van der Waals surface area contributed by atoms with E-state index in [9.17, 15) is 4.79 Å². The summed E-state index contributed by atoms with van der Waals surface area (Å²) in [6.45, 7) is 2.37. The molecule has 0 N–H and O–H groups in total. The average molecular weight is 263 g/mol. The second-order valence-corrected chi connectivity index (χ2v) is 5.12. The van der Waals surface area contributed by atoms with Gasteiger partial charge in [-0.25, -0.2) is 0 Å². The van der Waals surface area contributed by atoms with Gasteiger partial charge >= 0.3 is 0 Å². The zero-order valence-corrected chi connectivity index (χ0v) is 11.1. The Morgan fingerprint density at radius 1 is 1.30 bits per heavy atom. The van der Waals surface area contributed by atoms with E-state index in [2.05, 4.69) is 29.2 Å². The van der Waals surface area contributed by atoms with Crippen molar-refractivity contribution >= 4 is 23.6 Å². The van der Waals surface area contributed by atoms with Gasteiger partial charge in [0.25, 0.3) is 0 Å². The number of benzene rings is 1. The minimum Gasteiger partial charge on any atom is -0.453 e. The van der Waals surface area contributed by atoms with Crippen LogP contribution in [0.3, 0.4) is 0 Å². The number of furan rings is 1. The van der Waals surface area contributed by atoms with Gasteiger partial charge in [0.15, 0.2) is 11.5 Å². The molecule has 0 unspecified atom stereocenters. The molecule has 4 rings (SSSR count). The fraction of sp³-hybridized carbons (Fsp3) is 0.118. The maximum atomic E-state index is 11.5. The van der Waals surface area contributed by atoms with Gasteiger partial charge in [-0.15, -0.1) is 0 Å². The van der Waals surface area contributed by atoms with Gasteiger partial charge in [0.2, 0.25) is 0 Å². The summed E-state index contributed by atoms with van der Waals surface area (Å²) in [7, 11) is 0. The lowest BCUT2D eigenvalue weighted by atomic mass is 9.97. The highest BCUT2D eigenvalue weighted by Gasteiger charge is 2.25. The van der Waals surface area contributed by atoms with E-state index in [1.807, 2.05) is 24.4 Å². The van der Waals surface area contributed by atoms with Crippen LogP contribution < -0.4 is 0 Å². The average Bonchev–Trinajstić information content (AvgIpc) is 2.90. The number of ketones is 1. The quantitative estimate of drug-likeness (QED) is 0.734. The van der Waals surface area contributed by atoms with Crippen molar-refractivity contribution in [1.29, 1.82) is 0 Å². The predicted molar refractivity (Wildman–Crippen MR) is 77.6 cm³/mol. The minimum absolute atomic E-state index is 0.0452. The van der Waals surface area contributed by atoms with E-state index in [1.165, 1.54) is 18.1 Å². The summed E-state index contributed by atoms with van der Waals surface area (Å²) in [5.41, 5.74) is 4.62. The van der Waals surface area contributed by atoms with E-state index in [-0.39, 0.29) is 5.78 Å². The number of carbonyl (C=O) groups excluding carboxylic acids is 1. The number of Topliss-reactive ketones (excluding diaryl/α,β-unsaturated/α-hetero) is 1. The van der Waals surface area contributed by atoms with Gasteiger partial charge < -0.3 is 9.32 Å². The van der Waals surface area contributed by atoms with Crippen molar-refractivity contribution in [2.24, 2.45) is 0 Å². The molecular formula is C17H13NO2. The molecule has 0 amide bonds. The van der Waals surface area contributed by atoms with Crippen LogP contribution in [-0.4, -0.2) is 10.7 Å². The molecule has 2 aliphatic heterocycles. The minimum atomic E-state index is -0.0452. The monoisotopic (exact) mass is 263 g/mol. The SMILES string of the molecule is CC(=O)c1cc2c(o1)C=CN1Cc3ccccc3C=C21. The van der Waals surface area contributed by atoms with Crippen LogP contribution >= 0.6 is 0 Å². The third kappa shape index (κ3) is 1.56. The number of hydrogen-bond donors (Lipinski definition) is 0. The zero-order chi connectivity index (χ0) is 13.7. The highest BCUT2D eigenvalue weighted by atomic mass is 16.3. The Morgan fingerprint density at radius 2 is 2.15 bits per heavy atom. The summed E-state index contributed by atoms with van der Waals surface area (Å²) in [5, 5.41) is 0. The number of fused-ring (bicyclic) bond motifs is 4. The second kappa shape index (κ2) is 3.97. The van der Waals surface area contributed by atoms with Crippen molar-refractivity contribution in [2.45, 2.75) is 13.5 Å². The summed E-state index contributed by atoms with van der Waals surface area (Å²) < 4.78 is 5.60. The number of rotatable bonds is 1. The molecular weight excluding hydrogens is 250 g/mol. The molecule has 0 atom stereocenters. The Morgan fingerprint density at radius 3 is 3.00 bits per heavy atom. The molecule has 2 aromatic rings. The van der Waals surface area contributed by atoms with E-state index in [0.29, 0.717) is 5.76 Å². The Kier molecular flexibility index (Phi) is 2.24. The zero-order valence-electron chi connectivity index (χ0n) is 11.1. The first-order chi connectivity index (χ1) is 9.72. The number of carbonyl (C=O) groups is 1. The first-order valence-corrected chi connectivity index (χ1v) is 6.62.